The van der Waals surface area contributed by atoms with E-state index in [1.54, 1.807) is 16.4 Å². The fourth-order valence-corrected chi connectivity index (χ4v) is 4.79. The molecule has 1 aliphatic heterocycles. The van der Waals surface area contributed by atoms with Gasteiger partial charge in [0, 0.05) is 36.9 Å². The van der Waals surface area contributed by atoms with Crippen molar-refractivity contribution in [2.24, 2.45) is 0 Å². The number of benzene rings is 2. The molecule has 0 aromatic heterocycles. The van der Waals surface area contributed by atoms with Gasteiger partial charge in [-0.05, 0) is 61.7 Å². The van der Waals surface area contributed by atoms with Gasteiger partial charge in [-0.25, -0.2) is 8.42 Å². The van der Waals surface area contributed by atoms with E-state index in [9.17, 15) is 8.42 Å². The van der Waals surface area contributed by atoms with Crippen LogP contribution in [0.15, 0.2) is 41.3 Å². The summed E-state index contributed by atoms with van der Waals surface area (Å²) in [6.07, 6.45) is 0. The van der Waals surface area contributed by atoms with Crippen molar-refractivity contribution in [1.29, 1.82) is 0 Å². The van der Waals surface area contributed by atoms with E-state index >= 15 is 0 Å². The van der Waals surface area contributed by atoms with Crippen LogP contribution in [0.3, 0.4) is 0 Å². The third-order valence-electron chi connectivity index (χ3n) is 4.87. The van der Waals surface area contributed by atoms with Crippen molar-refractivity contribution in [2.45, 2.75) is 25.7 Å². The summed E-state index contributed by atoms with van der Waals surface area (Å²) in [6, 6.07) is 11.2. The zero-order valence-electron chi connectivity index (χ0n) is 14.8. The predicted molar refractivity (Wildman–Crippen MR) is 103 cm³/mol. The molecule has 1 heterocycles. The monoisotopic (exact) mass is 378 g/mol. The second kappa shape index (κ2) is 6.98. The quantitative estimate of drug-likeness (QED) is 0.816. The summed E-state index contributed by atoms with van der Waals surface area (Å²) in [5.41, 5.74) is 4.32. The molecule has 2 aromatic rings. The van der Waals surface area contributed by atoms with Gasteiger partial charge in [0.25, 0.3) is 0 Å². The van der Waals surface area contributed by atoms with Crippen LogP contribution in [0.5, 0.6) is 0 Å². The van der Waals surface area contributed by atoms with Gasteiger partial charge in [-0.2, -0.15) is 4.31 Å². The molecule has 3 rings (SSSR count). The molecular weight excluding hydrogens is 356 g/mol. The van der Waals surface area contributed by atoms with E-state index in [0.717, 1.165) is 22.4 Å². The van der Waals surface area contributed by atoms with Gasteiger partial charge in [-0.3, -0.25) is 0 Å². The molecule has 1 aliphatic rings. The Bertz CT molecular complexity index is 888. The first kappa shape index (κ1) is 18.2. The molecule has 0 saturated carbocycles. The Hall–Kier alpha value is -1.56. The second-order valence-corrected chi connectivity index (χ2v) is 8.94. The van der Waals surface area contributed by atoms with Crippen LogP contribution in [0, 0.1) is 20.8 Å². The molecule has 0 radical (unpaired) electrons. The number of halogens is 1. The first-order valence-electron chi connectivity index (χ1n) is 8.37. The van der Waals surface area contributed by atoms with Crippen molar-refractivity contribution in [3.63, 3.8) is 0 Å². The molecule has 0 unspecified atom stereocenters. The highest BCUT2D eigenvalue weighted by atomic mass is 35.5. The molecule has 0 bridgehead atoms. The van der Waals surface area contributed by atoms with Crippen LogP contribution in [-0.4, -0.2) is 38.9 Å². The van der Waals surface area contributed by atoms with Crippen LogP contribution in [0.2, 0.25) is 5.02 Å². The van der Waals surface area contributed by atoms with Gasteiger partial charge in [0.1, 0.15) is 0 Å². The summed E-state index contributed by atoms with van der Waals surface area (Å²) < 4.78 is 27.4. The van der Waals surface area contributed by atoms with Crippen molar-refractivity contribution in [3.8, 4) is 0 Å². The minimum absolute atomic E-state index is 0.378. The predicted octanol–water partition coefficient (Wildman–Crippen LogP) is 3.78. The topological polar surface area (TPSA) is 40.6 Å². The van der Waals surface area contributed by atoms with Crippen LogP contribution >= 0.6 is 11.6 Å². The van der Waals surface area contributed by atoms with Crippen LogP contribution in [-0.2, 0) is 10.0 Å². The van der Waals surface area contributed by atoms with Crippen molar-refractivity contribution in [2.75, 3.05) is 31.1 Å². The van der Waals surface area contributed by atoms with E-state index in [2.05, 4.69) is 4.90 Å². The summed E-state index contributed by atoms with van der Waals surface area (Å²) >= 11 is 6.11. The minimum Gasteiger partial charge on any atom is -0.369 e. The molecule has 0 amide bonds. The lowest BCUT2D eigenvalue weighted by Crippen LogP contribution is -2.48. The van der Waals surface area contributed by atoms with E-state index in [4.69, 9.17) is 11.6 Å². The highest BCUT2D eigenvalue weighted by Crippen LogP contribution is 2.27. The maximum atomic E-state index is 12.9. The normalized spacial score (nSPS) is 16.2. The average Bonchev–Trinajstić information content (AvgIpc) is 2.59. The van der Waals surface area contributed by atoms with Crippen molar-refractivity contribution in [3.05, 3.63) is 58.1 Å². The number of anilines is 1. The first-order chi connectivity index (χ1) is 11.8. The van der Waals surface area contributed by atoms with Gasteiger partial charge >= 0.3 is 0 Å². The van der Waals surface area contributed by atoms with E-state index in [1.807, 2.05) is 45.0 Å². The highest BCUT2D eigenvalue weighted by molar-refractivity contribution is 7.89. The Morgan fingerprint density at radius 1 is 0.840 bits per heavy atom. The zero-order chi connectivity index (χ0) is 18.2. The lowest BCUT2D eigenvalue weighted by Gasteiger charge is -2.36. The number of aryl methyl sites for hydroxylation is 3. The molecule has 0 N–H and O–H groups in total. The summed E-state index contributed by atoms with van der Waals surface area (Å²) in [7, 11) is -3.44. The Morgan fingerprint density at radius 3 is 2.12 bits per heavy atom. The van der Waals surface area contributed by atoms with Gasteiger partial charge in [-0.1, -0.05) is 23.7 Å². The van der Waals surface area contributed by atoms with Crippen LogP contribution in [0.25, 0.3) is 0 Å². The summed E-state index contributed by atoms with van der Waals surface area (Å²) in [4.78, 5) is 2.58. The summed E-state index contributed by atoms with van der Waals surface area (Å²) in [6.45, 7) is 8.23. The molecule has 0 spiro atoms. The van der Waals surface area contributed by atoms with E-state index in [-0.39, 0.29) is 0 Å². The third-order valence-corrected chi connectivity index (χ3v) is 7.00. The molecule has 6 heteroatoms. The van der Waals surface area contributed by atoms with Gasteiger partial charge in [0.15, 0.2) is 0 Å². The molecular formula is C19H23ClN2O2S. The van der Waals surface area contributed by atoms with Gasteiger partial charge in [-0.15, -0.1) is 0 Å². The summed E-state index contributed by atoms with van der Waals surface area (Å²) in [5, 5.41) is 0.700. The third kappa shape index (κ3) is 3.68. The van der Waals surface area contributed by atoms with Crippen molar-refractivity contribution >= 4 is 27.3 Å². The zero-order valence-corrected chi connectivity index (χ0v) is 16.4. The van der Waals surface area contributed by atoms with Crippen LogP contribution < -0.4 is 4.90 Å². The molecule has 0 atom stereocenters. The van der Waals surface area contributed by atoms with E-state index in [1.165, 1.54) is 0 Å². The van der Waals surface area contributed by atoms with Gasteiger partial charge in [0.05, 0.1) is 4.90 Å². The molecule has 134 valence electrons. The molecule has 1 saturated heterocycles. The molecule has 0 aliphatic carbocycles. The standard InChI is InChI=1S/C19H23ClN2O2S/c1-14-5-7-18(12-16(14)3)25(23,24)22-10-8-21(9-11-22)19-13-17(20)6-4-15(19)2/h4-7,12-13H,8-11H2,1-3H3. The smallest absolute Gasteiger partial charge is 0.243 e. The first-order valence-corrected chi connectivity index (χ1v) is 10.2. The largest absolute Gasteiger partial charge is 0.369 e. The number of piperazine rings is 1. The minimum atomic E-state index is -3.44. The van der Waals surface area contributed by atoms with E-state index < -0.39 is 10.0 Å². The highest BCUT2D eigenvalue weighted by Gasteiger charge is 2.29. The maximum Gasteiger partial charge on any atom is 0.243 e. The maximum absolute atomic E-state index is 12.9. The average molecular weight is 379 g/mol. The van der Waals surface area contributed by atoms with Crippen molar-refractivity contribution in [1.82, 2.24) is 4.31 Å². The van der Waals surface area contributed by atoms with E-state index in [0.29, 0.717) is 36.1 Å². The number of nitrogens with zero attached hydrogens (tertiary/aromatic N) is 2. The molecule has 2 aromatic carbocycles. The Labute approximate surface area is 155 Å². The Morgan fingerprint density at radius 2 is 1.48 bits per heavy atom. The number of hydrogen-bond acceptors (Lipinski definition) is 3. The number of sulfonamides is 1. The van der Waals surface area contributed by atoms with Gasteiger partial charge < -0.3 is 4.90 Å². The van der Waals surface area contributed by atoms with Crippen molar-refractivity contribution < 1.29 is 8.42 Å². The fourth-order valence-electron chi connectivity index (χ4n) is 3.12. The number of rotatable bonds is 3. The summed E-state index contributed by atoms with van der Waals surface area (Å²) in [5.74, 6) is 0. The fraction of sp³-hybridized carbons (Fsp3) is 0.368. The molecule has 1 fully saturated rings. The SMILES string of the molecule is Cc1ccc(S(=O)(=O)N2CCN(c3cc(Cl)ccc3C)CC2)cc1C. The Balaban J connectivity index is 1.77. The lowest BCUT2D eigenvalue weighted by molar-refractivity contribution is 0.384. The van der Waals surface area contributed by atoms with Crippen LogP contribution in [0.1, 0.15) is 16.7 Å². The molecule has 25 heavy (non-hydrogen) atoms. The number of hydrogen-bond donors (Lipinski definition) is 0. The lowest BCUT2D eigenvalue weighted by atomic mass is 10.1. The molecule has 4 nitrogen and oxygen atoms in total. The van der Waals surface area contributed by atoms with Crippen LogP contribution in [0.4, 0.5) is 5.69 Å². The second-order valence-electron chi connectivity index (χ2n) is 6.57. The van der Waals surface area contributed by atoms with Gasteiger partial charge in [0.2, 0.25) is 10.0 Å². The Kier molecular flexibility index (Phi) is 5.09.